The average Bonchev–Trinajstić information content (AvgIpc) is 3.25. The molecule has 3 N–H and O–H groups in total. The zero-order valence-corrected chi connectivity index (χ0v) is 16.8. The van der Waals surface area contributed by atoms with Gasteiger partial charge in [-0.25, -0.2) is 0 Å². The van der Waals surface area contributed by atoms with Crippen molar-refractivity contribution in [3.8, 4) is 0 Å². The molecule has 4 rings (SSSR count). The van der Waals surface area contributed by atoms with E-state index in [0.717, 1.165) is 11.1 Å². The predicted molar refractivity (Wildman–Crippen MR) is 113 cm³/mol. The number of methoxy groups -OCH3 is 1. The summed E-state index contributed by atoms with van der Waals surface area (Å²) in [6.45, 7) is 1.75. The van der Waals surface area contributed by atoms with Crippen LogP contribution in [-0.2, 0) is 21.7 Å². The highest BCUT2D eigenvalue weighted by atomic mass is 16.5. The van der Waals surface area contributed by atoms with Gasteiger partial charge in [0.2, 0.25) is 0 Å². The van der Waals surface area contributed by atoms with Gasteiger partial charge in [0, 0.05) is 18.4 Å². The van der Waals surface area contributed by atoms with Gasteiger partial charge >= 0.3 is 0 Å². The lowest BCUT2D eigenvalue weighted by atomic mass is 9.77. The normalized spacial score (nSPS) is 21.3. The van der Waals surface area contributed by atoms with E-state index in [-0.39, 0.29) is 6.61 Å². The highest BCUT2D eigenvalue weighted by Gasteiger charge is 2.49. The largest absolute Gasteiger partial charge is 0.459 e. The topological polar surface area (TPSA) is 91.9 Å². The van der Waals surface area contributed by atoms with Crippen molar-refractivity contribution >= 4 is 23.2 Å². The van der Waals surface area contributed by atoms with Crippen LogP contribution in [0.15, 0.2) is 65.1 Å². The zero-order valence-electron chi connectivity index (χ0n) is 16.8. The summed E-state index contributed by atoms with van der Waals surface area (Å²) in [6, 6.07) is 18.0. The van der Waals surface area contributed by atoms with E-state index in [0.29, 0.717) is 28.3 Å². The van der Waals surface area contributed by atoms with Crippen LogP contribution in [0, 0.1) is 0 Å². The molecular formula is C24H23NO5. The number of aliphatic hydroxyl groups is 2. The first-order valence-corrected chi connectivity index (χ1v) is 9.61. The first-order chi connectivity index (χ1) is 14.5. The third-order valence-corrected chi connectivity index (χ3v) is 5.37. The number of amides is 1. The highest BCUT2D eigenvalue weighted by molar-refractivity contribution is 6.00. The van der Waals surface area contributed by atoms with Gasteiger partial charge in [0.1, 0.15) is 18.1 Å². The number of anilines is 1. The minimum Gasteiger partial charge on any atom is -0.459 e. The minimum absolute atomic E-state index is 0.158. The van der Waals surface area contributed by atoms with Crippen LogP contribution < -0.4 is 5.32 Å². The maximum atomic E-state index is 12.6. The molecule has 3 aromatic rings. The molecule has 30 heavy (non-hydrogen) atoms. The summed E-state index contributed by atoms with van der Waals surface area (Å²) in [5.74, 6) is 0.744. The monoisotopic (exact) mass is 405 g/mol. The second-order valence-corrected chi connectivity index (χ2v) is 7.29. The number of aliphatic hydroxyl groups excluding tert-OH is 1. The van der Waals surface area contributed by atoms with Gasteiger partial charge in [0.25, 0.3) is 5.91 Å². The van der Waals surface area contributed by atoms with Gasteiger partial charge in [-0.05, 0) is 54.0 Å². The number of carbonyl (C=O) groups is 1. The number of fused-ring (bicyclic) bond motifs is 1. The first-order valence-electron chi connectivity index (χ1n) is 9.61. The lowest BCUT2D eigenvalue weighted by molar-refractivity contribution is -0.142. The number of rotatable bonds is 5. The third-order valence-electron chi connectivity index (χ3n) is 5.37. The third kappa shape index (κ3) is 3.35. The molecule has 0 aliphatic carbocycles. The summed E-state index contributed by atoms with van der Waals surface area (Å²) in [6.07, 6.45) is 0.828. The Hall–Kier alpha value is -3.19. The van der Waals surface area contributed by atoms with E-state index in [1.54, 1.807) is 30.3 Å². The van der Waals surface area contributed by atoms with Crippen molar-refractivity contribution in [3.63, 3.8) is 0 Å². The van der Waals surface area contributed by atoms with Crippen LogP contribution in [0.1, 0.15) is 35.1 Å². The molecule has 2 unspecified atom stereocenters. The summed E-state index contributed by atoms with van der Waals surface area (Å²) in [7, 11) is 1.41. The van der Waals surface area contributed by atoms with Crippen LogP contribution in [-0.4, -0.2) is 29.3 Å². The zero-order chi connectivity index (χ0) is 21.3. The molecule has 1 amide bonds. The Morgan fingerprint density at radius 2 is 1.97 bits per heavy atom. The molecule has 6 nitrogen and oxygen atoms in total. The lowest BCUT2D eigenvalue weighted by Crippen LogP contribution is -2.52. The Morgan fingerprint density at radius 1 is 1.20 bits per heavy atom. The maximum Gasteiger partial charge on any atom is 0.257 e. The number of furan rings is 1. The Kier molecular flexibility index (Phi) is 5.30. The van der Waals surface area contributed by atoms with Crippen LogP contribution in [0.2, 0.25) is 0 Å². The molecule has 0 fully saturated rings. The number of nitrogens with one attached hydrogen (secondary N) is 1. The Labute approximate surface area is 174 Å². The van der Waals surface area contributed by atoms with Crippen LogP contribution in [0.4, 0.5) is 5.69 Å². The number of hydrogen-bond acceptors (Lipinski definition) is 5. The number of carbonyl (C=O) groups excluding carboxylic acids is 1. The van der Waals surface area contributed by atoms with Crippen molar-refractivity contribution in [1.82, 2.24) is 0 Å². The van der Waals surface area contributed by atoms with Gasteiger partial charge in [-0.3, -0.25) is 4.79 Å². The molecule has 6 heteroatoms. The molecule has 1 aliphatic heterocycles. The Balaban J connectivity index is 1.82. The van der Waals surface area contributed by atoms with E-state index in [1.165, 1.54) is 7.11 Å². The van der Waals surface area contributed by atoms with Crippen molar-refractivity contribution in [3.05, 3.63) is 88.9 Å². The molecule has 2 atom stereocenters. The number of hydrogen-bond donors (Lipinski definition) is 3. The van der Waals surface area contributed by atoms with Gasteiger partial charge in [-0.2, -0.15) is 0 Å². The molecular weight excluding hydrogens is 382 g/mol. The molecule has 1 aliphatic rings. The van der Waals surface area contributed by atoms with Crippen LogP contribution >= 0.6 is 0 Å². The van der Waals surface area contributed by atoms with Crippen molar-refractivity contribution in [2.24, 2.45) is 0 Å². The van der Waals surface area contributed by atoms with E-state index in [4.69, 9.17) is 9.15 Å². The molecule has 0 bridgehead atoms. The van der Waals surface area contributed by atoms with E-state index < -0.39 is 17.6 Å². The van der Waals surface area contributed by atoms with Gasteiger partial charge < -0.3 is 24.7 Å². The number of allylic oxidation sites excluding steroid dienone is 1. The summed E-state index contributed by atoms with van der Waals surface area (Å²) < 4.78 is 11.0. The van der Waals surface area contributed by atoms with Gasteiger partial charge in [0.15, 0.2) is 11.7 Å². The highest BCUT2D eigenvalue weighted by Crippen LogP contribution is 2.42. The quantitative estimate of drug-likeness (QED) is 0.604. The van der Waals surface area contributed by atoms with Crippen molar-refractivity contribution < 1.29 is 24.2 Å². The second kappa shape index (κ2) is 7.91. The van der Waals surface area contributed by atoms with Crippen molar-refractivity contribution in [2.45, 2.75) is 25.2 Å². The van der Waals surface area contributed by atoms with E-state index in [1.807, 2.05) is 43.3 Å². The summed E-state index contributed by atoms with van der Waals surface area (Å²) in [5.41, 5.74) is 1.71. The van der Waals surface area contributed by atoms with E-state index in [9.17, 15) is 15.0 Å². The summed E-state index contributed by atoms with van der Waals surface area (Å²) in [4.78, 5) is 12.6. The molecule has 154 valence electrons. The Morgan fingerprint density at radius 3 is 2.63 bits per heavy atom. The molecule has 0 radical (unpaired) electrons. The molecule has 0 saturated carbocycles. The fourth-order valence-corrected chi connectivity index (χ4v) is 3.88. The van der Waals surface area contributed by atoms with Gasteiger partial charge in [-0.15, -0.1) is 0 Å². The predicted octanol–water partition coefficient (Wildman–Crippen LogP) is 3.54. The van der Waals surface area contributed by atoms with Crippen LogP contribution in [0.3, 0.4) is 0 Å². The molecule has 2 aromatic carbocycles. The average molecular weight is 405 g/mol. The van der Waals surface area contributed by atoms with Crippen LogP contribution in [0.5, 0.6) is 0 Å². The first kappa shape index (κ1) is 20.1. The molecule has 0 saturated heterocycles. The summed E-state index contributed by atoms with van der Waals surface area (Å²) >= 11 is 0. The molecule has 1 aromatic heterocycles. The maximum absolute atomic E-state index is 12.6. The SMILES string of the molecule is COC1C(=O)Nc2ccc(C=C(C)c3ccc(CO)o3)cc2C1(O)c1ccccc1. The standard InChI is InChI=1S/C24H23NO5/c1-15(21-11-9-18(14-26)30-21)12-16-8-10-20-19(13-16)24(28,17-6-4-3-5-7-17)22(29-2)23(27)25-20/h3-13,22,26,28H,14H2,1-2H3,(H,25,27). The van der Waals surface area contributed by atoms with E-state index >= 15 is 0 Å². The van der Waals surface area contributed by atoms with E-state index in [2.05, 4.69) is 5.32 Å². The van der Waals surface area contributed by atoms with Crippen LogP contribution in [0.25, 0.3) is 11.6 Å². The van der Waals surface area contributed by atoms with Gasteiger partial charge in [-0.1, -0.05) is 36.4 Å². The minimum atomic E-state index is -1.64. The van der Waals surface area contributed by atoms with Crippen molar-refractivity contribution in [1.29, 1.82) is 0 Å². The molecule has 2 heterocycles. The van der Waals surface area contributed by atoms with Crippen molar-refractivity contribution in [2.75, 3.05) is 12.4 Å². The fraction of sp³-hybridized carbons (Fsp3) is 0.208. The Bertz CT molecular complexity index is 1100. The summed E-state index contributed by atoms with van der Waals surface area (Å²) in [5, 5.41) is 23.8. The smallest absolute Gasteiger partial charge is 0.257 e. The number of benzene rings is 2. The van der Waals surface area contributed by atoms with Gasteiger partial charge in [0.05, 0.1) is 0 Å². The lowest BCUT2D eigenvalue weighted by Gasteiger charge is -2.40. The molecule has 0 spiro atoms. The number of ether oxygens (including phenoxy) is 1. The fourth-order valence-electron chi connectivity index (χ4n) is 3.88. The second-order valence-electron chi connectivity index (χ2n) is 7.29.